The Morgan fingerprint density at radius 2 is 2.32 bits per heavy atom. The molecule has 0 aliphatic carbocycles. The SMILES string of the molecule is [2H]c1nn(C([2H])([2H])[2H])c(C(OC([2H])([2H])C([2H])([2H])N(C)C([2H])([2H])[2H])c2c([2H])c([2H])c([2H])c([2H])c2[2H])c1[2H]. The van der Waals surface area contributed by atoms with Crippen molar-refractivity contribution in [2.75, 3.05) is 27.1 Å². The molecule has 4 heteroatoms. The fraction of sp³-hybridized carbons (Fsp3) is 0.400. The number of hydrogen-bond donors (Lipinski definition) is 0. The molecule has 4 nitrogen and oxygen atoms in total. The Bertz CT molecular complexity index is 1120. The van der Waals surface area contributed by atoms with Crippen molar-refractivity contribution in [1.82, 2.24) is 14.7 Å². The summed E-state index contributed by atoms with van der Waals surface area (Å²) in [6.45, 7) is -13.5. The van der Waals surface area contributed by atoms with Crippen LogP contribution in [0.3, 0.4) is 0 Å². The summed E-state index contributed by atoms with van der Waals surface area (Å²) in [5.74, 6) is 0. The first-order chi connectivity index (χ1) is 16.0. The minimum atomic E-state index is -3.66. The Labute approximate surface area is 138 Å². The lowest BCUT2D eigenvalue weighted by Gasteiger charge is -2.20. The van der Waals surface area contributed by atoms with E-state index in [2.05, 4.69) is 5.10 Å². The maximum absolute atomic E-state index is 8.22. The Morgan fingerprint density at radius 1 is 1.47 bits per heavy atom. The average Bonchev–Trinajstić information content (AvgIpc) is 3.03. The zero-order valence-corrected chi connectivity index (χ0v) is 9.83. The van der Waals surface area contributed by atoms with Gasteiger partial charge >= 0.3 is 0 Å². The third kappa shape index (κ3) is 3.66. The molecule has 0 radical (unpaired) electrons. The summed E-state index contributed by atoms with van der Waals surface area (Å²) in [6, 6.07) is -5.67. The predicted octanol–water partition coefficient (Wildman–Crippen LogP) is 2.09. The van der Waals surface area contributed by atoms with Gasteiger partial charge in [0.25, 0.3) is 0 Å². The number of benzene rings is 1. The molecule has 1 aromatic carbocycles. The summed E-state index contributed by atoms with van der Waals surface area (Å²) in [5, 5.41) is 3.40. The number of rotatable bonds is 6. The van der Waals surface area contributed by atoms with Crippen molar-refractivity contribution < 1.29 is 28.0 Å². The lowest BCUT2D eigenvalue weighted by atomic mass is 10.1. The van der Waals surface area contributed by atoms with Gasteiger partial charge in [0.05, 0.1) is 24.6 Å². The van der Waals surface area contributed by atoms with Gasteiger partial charge in [0.2, 0.25) is 0 Å². The Hall–Kier alpha value is -1.65. The minimum Gasteiger partial charge on any atom is -0.366 e. The van der Waals surface area contributed by atoms with Crippen LogP contribution in [0.4, 0.5) is 0 Å². The number of nitrogens with zero attached hydrogens (tertiary/aromatic N) is 3. The van der Waals surface area contributed by atoms with Crippen LogP contribution in [0.25, 0.3) is 0 Å². The van der Waals surface area contributed by atoms with Crippen LogP contribution in [0.1, 0.15) is 40.7 Å². The van der Waals surface area contributed by atoms with Crippen molar-refractivity contribution in [3.05, 3.63) is 53.7 Å². The molecule has 0 saturated heterocycles. The van der Waals surface area contributed by atoms with Gasteiger partial charge in [-0.1, -0.05) is 30.2 Å². The van der Waals surface area contributed by atoms with Gasteiger partial charge in [-0.25, -0.2) is 0 Å². The average molecular weight is 276 g/mol. The van der Waals surface area contributed by atoms with E-state index < -0.39 is 86.8 Å². The largest absolute Gasteiger partial charge is 0.366 e. The first-order valence-electron chi connectivity index (χ1n) is 13.5. The van der Waals surface area contributed by atoms with Gasteiger partial charge < -0.3 is 9.64 Å². The van der Waals surface area contributed by atoms with E-state index in [0.29, 0.717) is 0 Å². The van der Waals surface area contributed by atoms with Crippen molar-refractivity contribution >= 4 is 0 Å². The highest BCUT2D eigenvalue weighted by atomic mass is 16.5. The molecule has 0 amide bonds. The van der Waals surface area contributed by atoms with E-state index in [4.69, 9.17) is 28.0 Å². The normalized spacial score (nSPS) is 28.6. The molecule has 1 aromatic heterocycles. The third-order valence-corrected chi connectivity index (χ3v) is 1.98. The first kappa shape index (κ1) is 3.71. The molecule has 0 fully saturated rings. The molecule has 0 saturated carbocycles. The summed E-state index contributed by atoms with van der Waals surface area (Å²) >= 11 is 0. The zero-order chi connectivity index (χ0) is 28.3. The van der Waals surface area contributed by atoms with E-state index in [1.165, 1.54) is 0 Å². The molecular formula is C15H21N3O. The fourth-order valence-corrected chi connectivity index (χ4v) is 1.21. The monoisotopic (exact) mass is 276 g/mol. The smallest absolute Gasteiger partial charge is 0.124 e. The molecule has 19 heavy (non-hydrogen) atoms. The highest BCUT2D eigenvalue weighted by Gasteiger charge is 2.17. The van der Waals surface area contributed by atoms with Gasteiger partial charge in [-0.15, -0.1) is 0 Å². The minimum absolute atomic E-state index is 0.0115. The highest BCUT2D eigenvalue weighted by Crippen LogP contribution is 2.25. The maximum atomic E-state index is 8.22. The molecule has 0 bridgehead atoms. The van der Waals surface area contributed by atoms with Crippen LogP contribution in [-0.4, -0.2) is 41.8 Å². The van der Waals surface area contributed by atoms with Crippen LogP contribution in [0, 0.1) is 0 Å². The highest BCUT2D eigenvalue weighted by molar-refractivity contribution is 5.25. The van der Waals surface area contributed by atoms with Gasteiger partial charge in [-0.05, 0) is 25.6 Å². The number of likely N-dealkylation sites (N-methyl/N-ethyl adjacent to an activating group) is 1. The van der Waals surface area contributed by atoms with Crippen LogP contribution in [-0.2, 0) is 11.7 Å². The summed E-state index contributed by atoms with van der Waals surface area (Å²) in [4.78, 5) is 0.0115. The van der Waals surface area contributed by atoms with Crippen molar-refractivity contribution in [1.29, 1.82) is 0 Å². The Balaban J connectivity index is 2.96. The zero-order valence-electron chi connectivity index (χ0n) is 26.8. The molecule has 102 valence electrons. The van der Waals surface area contributed by atoms with Gasteiger partial charge in [0.15, 0.2) is 0 Å². The van der Waals surface area contributed by atoms with E-state index in [1.807, 2.05) is 0 Å². The fourth-order valence-electron chi connectivity index (χ4n) is 1.21. The summed E-state index contributed by atoms with van der Waals surface area (Å²) in [7, 11) is 0.720. The quantitative estimate of drug-likeness (QED) is 0.809. The molecule has 1 atom stereocenters. The van der Waals surface area contributed by atoms with Crippen LogP contribution in [0.15, 0.2) is 42.4 Å². The van der Waals surface area contributed by atoms with E-state index in [9.17, 15) is 0 Å². The molecule has 0 aliphatic heterocycles. The summed E-state index contributed by atoms with van der Waals surface area (Å²) < 4.78 is 139. The molecule has 0 N–H and O–H groups in total. The van der Waals surface area contributed by atoms with Gasteiger partial charge in [-0.2, -0.15) is 5.10 Å². The van der Waals surface area contributed by atoms with Gasteiger partial charge in [0.1, 0.15) is 6.10 Å². The predicted molar refractivity (Wildman–Crippen MR) is 76.0 cm³/mol. The number of ether oxygens (including phenoxy) is 1. The van der Waals surface area contributed by atoms with E-state index >= 15 is 0 Å². The van der Waals surface area contributed by atoms with Crippen LogP contribution in [0.5, 0.6) is 0 Å². The molecular weight excluding hydrogens is 238 g/mol. The summed E-state index contributed by atoms with van der Waals surface area (Å²) in [5.41, 5.74) is -1.81. The topological polar surface area (TPSA) is 30.3 Å². The second-order valence-corrected chi connectivity index (χ2v) is 3.34. The lowest BCUT2D eigenvalue weighted by molar-refractivity contribution is 0.0638. The first-order valence-corrected chi connectivity index (χ1v) is 5.03. The molecule has 2 aromatic rings. The van der Waals surface area contributed by atoms with Crippen molar-refractivity contribution in [3.63, 3.8) is 0 Å². The van der Waals surface area contributed by atoms with Crippen LogP contribution < -0.4 is 0 Å². The second kappa shape index (κ2) is 6.50. The Kier molecular flexibility index (Phi) is 1.27. The molecule has 0 aliphatic rings. The maximum Gasteiger partial charge on any atom is 0.124 e. The standard InChI is InChI=1S/C15H21N3O/c1-17(2)11-12-19-15(13-7-5-4-6-8-13)14-9-10-16-18(14)3/h4-10,15H,11-12H2,1-3H3/i1D3,3D3,4D,5D,6D,7D,8D,9D,10D,11D2,12D2. The third-order valence-electron chi connectivity index (χ3n) is 1.98. The van der Waals surface area contributed by atoms with E-state index in [-0.39, 0.29) is 9.58 Å². The molecule has 0 spiro atoms. The van der Waals surface area contributed by atoms with Gasteiger partial charge in [-0.3, -0.25) is 4.68 Å². The van der Waals surface area contributed by atoms with Gasteiger partial charge in [0, 0.05) is 30.6 Å². The molecule has 1 heterocycles. The molecule has 2 rings (SSSR count). The van der Waals surface area contributed by atoms with E-state index in [1.54, 1.807) is 0 Å². The lowest BCUT2D eigenvalue weighted by Crippen LogP contribution is -2.20. The summed E-state index contributed by atoms with van der Waals surface area (Å²) in [6.07, 6.45) is -3.35. The van der Waals surface area contributed by atoms with Crippen molar-refractivity contribution in [2.24, 2.45) is 6.98 Å². The van der Waals surface area contributed by atoms with Crippen molar-refractivity contribution in [3.8, 4) is 0 Å². The number of aromatic nitrogens is 2. The van der Waals surface area contributed by atoms with Crippen molar-refractivity contribution in [2.45, 2.75) is 6.10 Å². The second-order valence-electron chi connectivity index (χ2n) is 3.34. The number of hydrogen-bond acceptors (Lipinski definition) is 3. The van der Waals surface area contributed by atoms with E-state index in [0.717, 1.165) is 7.05 Å². The number of aryl methyl sites for hydroxylation is 1. The molecule has 1 unspecified atom stereocenters. The van der Waals surface area contributed by atoms with Crippen LogP contribution in [0.2, 0.25) is 0 Å². The van der Waals surface area contributed by atoms with Crippen LogP contribution >= 0.6 is 0 Å². The Morgan fingerprint density at radius 3 is 3.05 bits per heavy atom.